The molecule has 3 heterocycles. The number of imide groups is 1. The molecule has 0 spiro atoms. The number of alkyl halides is 6. The number of phenolic OH excluding ortho intramolecular Hbond substituents is 1. The van der Waals surface area contributed by atoms with Crippen molar-refractivity contribution in [3.8, 4) is 5.75 Å². The predicted octanol–water partition coefficient (Wildman–Crippen LogP) is 8.21. The Morgan fingerprint density at radius 3 is 2.32 bits per heavy atom. The van der Waals surface area contributed by atoms with E-state index in [1.807, 2.05) is 13.0 Å². The van der Waals surface area contributed by atoms with Gasteiger partial charge in [0.05, 0.1) is 45.5 Å². The van der Waals surface area contributed by atoms with Gasteiger partial charge in [-0.25, -0.2) is 4.90 Å². The number of hydrogen-bond acceptors (Lipinski definition) is 6. The predicted molar refractivity (Wildman–Crippen MR) is 173 cm³/mol. The van der Waals surface area contributed by atoms with Crippen molar-refractivity contribution in [2.45, 2.75) is 57.4 Å². The van der Waals surface area contributed by atoms with E-state index in [4.69, 9.17) is 16.3 Å². The lowest BCUT2D eigenvalue weighted by molar-refractivity contribution is -0.143. The van der Waals surface area contributed by atoms with Crippen molar-refractivity contribution in [2.24, 2.45) is 17.8 Å². The van der Waals surface area contributed by atoms with Crippen LogP contribution in [0.5, 0.6) is 5.75 Å². The molecule has 7 nitrogen and oxygen atoms in total. The number of pyridine rings is 1. The lowest BCUT2D eigenvalue weighted by Crippen LogP contribution is -2.46. The van der Waals surface area contributed by atoms with Gasteiger partial charge in [0.2, 0.25) is 11.8 Å². The molecule has 0 bridgehead atoms. The Labute approximate surface area is 288 Å². The van der Waals surface area contributed by atoms with E-state index in [2.05, 4.69) is 4.98 Å². The number of aromatic nitrogens is 1. The summed E-state index contributed by atoms with van der Waals surface area (Å²) in [5.74, 6) is -4.74. The summed E-state index contributed by atoms with van der Waals surface area (Å²) in [4.78, 5) is 32.7. The summed E-state index contributed by atoms with van der Waals surface area (Å²) in [5, 5.41) is 21.0. The van der Waals surface area contributed by atoms with Crippen molar-refractivity contribution >= 4 is 47.9 Å². The topological polar surface area (TPSA) is 100.0 Å². The third-order valence-corrected chi connectivity index (χ3v) is 9.88. The number of rotatable bonds is 7. The molecule has 2 amide bonds. The average molecular weight is 719 g/mol. The number of carbonyl (C=O) groups excluding carboxylic acids is 2. The molecule has 2 fully saturated rings. The van der Waals surface area contributed by atoms with Crippen LogP contribution in [0, 0.1) is 17.8 Å². The molecule has 0 radical (unpaired) electrons. The summed E-state index contributed by atoms with van der Waals surface area (Å²) in [6, 6.07) is 10.6. The van der Waals surface area contributed by atoms with Crippen LogP contribution in [0.2, 0.25) is 11.3 Å². The van der Waals surface area contributed by atoms with Gasteiger partial charge in [-0.15, -0.1) is 0 Å². The number of allylic oxidation sites excluding steroid dienone is 2. The Morgan fingerprint density at radius 1 is 1.02 bits per heavy atom. The monoisotopic (exact) mass is 718 g/mol. The van der Waals surface area contributed by atoms with Gasteiger partial charge in [0, 0.05) is 6.20 Å². The van der Waals surface area contributed by atoms with E-state index in [9.17, 15) is 46.1 Å². The number of carbonyl (C=O) groups is 2. The number of aromatic hydroxyl groups is 1. The van der Waals surface area contributed by atoms with Crippen molar-refractivity contribution in [3.63, 3.8) is 0 Å². The summed E-state index contributed by atoms with van der Waals surface area (Å²) in [6.45, 7) is 1.84. The first-order chi connectivity index (χ1) is 23.6. The number of halogens is 7. The molecule has 1 aromatic heterocycles. The van der Waals surface area contributed by atoms with E-state index in [0.29, 0.717) is 51.7 Å². The van der Waals surface area contributed by atoms with Crippen molar-refractivity contribution in [1.82, 2.24) is 4.98 Å². The molecule has 3 aromatic rings. The third kappa shape index (κ3) is 6.93. The highest BCUT2D eigenvalue weighted by molar-refractivity contribution is 6.43. The van der Waals surface area contributed by atoms with Crippen LogP contribution in [-0.4, -0.2) is 40.2 Å². The maximum absolute atomic E-state index is 14.0. The molecule has 2 N–H and O–H groups in total. The van der Waals surface area contributed by atoms with Crippen LogP contribution in [0.25, 0.3) is 11.6 Å². The van der Waals surface area contributed by atoms with Crippen molar-refractivity contribution in [2.75, 3.05) is 4.90 Å². The van der Waals surface area contributed by atoms with Gasteiger partial charge < -0.3 is 14.8 Å². The second kappa shape index (κ2) is 13.5. The number of nitrogens with zero attached hydrogens (tertiary/aromatic N) is 2. The normalized spacial score (nSPS) is 23.0. The molecule has 15 heteroatoms. The zero-order valence-corrected chi connectivity index (χ0v) is 27.2. The summed E-state index contributed by atoms with van der Waals surface area (Å²) in [5.41, 5.74) is -0.626. The minimum Gasteiger partial charge on any atom is -0.508 e. The Bertz CT molecular complexity index is 1850. The van der Waals surface area contributed by atoms with Crippen LogP contribution in [0.15, 0.2) is 71.9 Å². The molecule has 2 saturated heterocycles. The van der Waals surface area contributed by atoms with E-state index in [0.717, 1.165) is 11.1 Å². The molecule has 2 aromatic carbocycles. The minimum atomic E-state index is -5.17. The molecule has 0 saturated carbocycles. The molecular weight excluding hydrogens is 689 g/mol. The fraction of sp³-hybridized carbons (Fsp3) is 0.343. The van der Waals surface area contributed by atoms with Gasteiger partial charge >= 0.3 is 19.5 Å². The Morgan fingerprint density at radius 2 is 1.72 bits per heavy atom. The molecule has 6 rings (SSSR count). The summed E-state index contributed by atoms with van der Waals surface area (Å²) >= 11 is 6.39. The maximum Gasteiger partial charge on any atom is 0.455 e. The van der Waals surface area contributed by atoms with E-state index in [1.54, 1.807) is 30.5 Å². The van der Waals surface area contributed by atoms with Crippen molar-refractivity contribution in [1.29, 1.82) is 0 Å². The van der Waals surface area contributed by atoms with Gasteiger partial charge in [0.1, 0.15) is 5.75 Å². The third-order valence-electron chi connectivity index (χ3n) is 9.55. The fourth-order valence-electron chi connectivity index (χ4n) is 7.36. The molecule has 50 heavy (non-hydrogen) atoms. The van der Waals surface area contributed by atoms with E-state index in [-0.39, 0.29) is 31.0 Å². The van der Waals surface area contributed by atoms with Crippen LogP contribution < -0.4 is 4.90 Å². The summed E-state index contributed by atoms with van der Waals surface area (Å²) in [6.07, 6.45) is -6.62. The van der Waals surface area contributed by atoms with Gasteiger partial charge in [-0.3, -0.25) is 14.6 Å². The molecule has 2 aliphatic heterocycles. The van der Waals surface area contributed by atoms with Crippen LogP contribution >= 0.6 is 11.6 Å². The molecule has 262 valence electrons. The van der Waals surface area contributed by atoms with Gasteiger partial charge in [-0.05, 0) is 109 Å². The highest BCUT2D eigenvalue weighted by atomic mass is 35.5. The first-order valence-corrected chi connectivity index (χ1v) is 16.3. The van der Waals surface area contributed by atoms with Crippen molar-refractivity contribution < 1.29 is 50.7 Å². The smallest absolute Gasteiger partial charge is 0.455 e. The number of amides is 2. The molecule has 0 unspecified atom stereocenters. The Balaban J connectivity index is 1.34. The second-order valence-electron chi connectivity index (χ2n) is 12.6. The van der Waals surface area contributed by atoms with Crippen molar-refractivity contribution in [3.05, 3.63) is 99.3 Å². The van der Waals surface area contributed by atoms with Crippen LogP contribution in [0.1, 0.15) is 55.0 Å². The van der Waals surface area contributed by atoms with Gasteiger partial charge in [0.15, 0.2) is 0 Å². The highest BCUT2D eigenvalue weighted by Gasteiger charge is 2.58. The lowest BCUT2D eigenvalue weighted by Gasteiger charge is -2.43. The van der Waals surface area contributed by atoms with Gasteiger partial charge in [-0.1, -0.05) is 30.2 Å². The summed E-state index contributed by atoms with van der Waals surface area (Å²) < 4.78 is 88.1. The van der Waals surface area contributed by atoms with E-state index >= 15 is 0 Å². The number of phenols is 1. The number of hydrogen-bond donors (Lipinski definition) is 2. The molecule has 1 aliphatic carbocycles. The maximum atomic E-state index is 14.0. The molecule has 3 aliphatic rings. The first kappa shape index (κ1) is 35.7. The summed E-state index contributed by atoms with van der Waals surface area (Å²) in [7, 11) is -1.36. The van der Waals surface area contributed by atoms with E-state index in [1.165, 1.54) is 12.1 Å². The zero-order chi connectivity index (χ0) is 36.1. The lowest BCUT2D eigenvalue weighted by atomic mass is 9.58. The van der Waals surface area contributed by atoms with Gasteiger partial charge in [-0.2, -0.15) is 26.3 Å². The Kier molecular flexibility index (Phi) is 9.66. The van der Waals surface area contributed by atoms with Crippen LogP contribution in [0.3, 0.4) is 0 Å². The molecule has 4 atom stereocenters. The molecular formula is C35H30BClF6N2O5. The zero-order valence-electron chi connectivity index (χ0n) is 26.4. The van der Waals surface area contributed by atoms with Crippen LogP contribution in [-0.2, 0) is 26.6 Å². The standard InChI is InChI=1S/C35H30BClF6N2O5/c1-2-18-12-25-31(33(48)45(32(25)47)23-14-21(34(38,39)40)13-22(15-23)35(41,42)43)26-17-36(49)50-29(30(18)26)9-7-20(28-5-3-4-10-44-28)11-19-6-8-24(46)16-27(19)37/h3-6,8,10-11,13-16,25-26,29,31,46,49H,2,7,9,12,17H2,1H3/b20-11-/t25-,26+,29-,31-/m1/s1. The average Bonchev–Trinajstić information content (AvgIpc) is 3.31. The first-order valence-electron chi connectivity index (χ1n) is 15.9. The second-order valence-corrected chi connectivity index (χ2v) is 13.0. The fourth-order valence-corrected chi connectivity index (χ4v) is 7.59. The number of fused-ring (bicyclic) bond motifs is 3. The quantitative estimate of drug-likeness (QED) is 0.111. The number of benzene rings is 2. The number of anilines is 1. The SMILES string of the molecule is CCC1=C2[C@@H](CC/C(=C/c3ccc(O)cc3Cl)c3ccccn3)OB(O)C[C@@H]2[C@@H]2C(=O)N(c3cc(C(F)(F)F)cc(C(F)(F)F)c3)C(=O)[C@@H]2C1. The largest absolute Gasteiger partial charge is 0.508 e. The highest BCUT2D eigenvalue weighted by Crippen LogP contribution is 2.52. The van der Waals surface area contributed by atoms with Gasteiger partial charge in [0.25, 0.3) is 0 Å². The van der Waals surface area contributed by atoms with Crippen LogP contribution in [0.4, 0.5) is 32.0 Å². The minimum absolute atomic E-state index is 0.0100. The Hall–Kier alpha value is -4.14. The van der Waals surface area contributed by atoms with E-state index < -0.39 is 72.0 Å².